The molecule has 0 saturated heterocycles. The Balaban J connectivity index is 1.77. The molecule has 0 radical (unpaired) electrons. The Kier molecular flexibility index (Phi) is 10.4. The molecule has 0 unspecified atom stereocenters. The molecular formula is C25H26BrCl2N5O2S. The number of benzene rings is 2. The molecule has 0 aliphatic heterocycles. The van der Waals surface area contributed by atoms with Crippen LogP contribution in [0.4, 0.5) is 5.69 Å². The molecule has 0 aliphatic rings. The second-order valence-electron chi connectivity index (χ2n) is 8.34. The van der Waals surface area contributed by atoms with Gasteiger partial charge in [0.05, 0.1) is 27.4 Å². The van der Waals surface area contributed by atoms with Crippen molar-refractivity contribution in [2.24, 2.45) is 5.92 Å². The van der Waals surface area contributed by atoms with Crippen LogP contribution in [0.15, 0.2) is 64.7 Å². The van der Waals surface area contributed by atoms with Crippen LogP contribution in [-0.4, -0.2) is 32.3 Å². The van der Waals surface area contributed by atoms with Crippen LogP contribution in [0.3, 0.4) is 0 Å². The van der Waals surface area contributed by atoms with E-state index >= 15 is 0 Å². The summed E-state index contributed by atoms with van der Waals surface area (Å²) in [5, 5.41) is 16.0. The quantitative estimate of drug-likeness (QED) is 0.184. The molecule has 190 valence electrons. The average Bonchev–Trinajstić information content (AvgIpc) is 3.22. The fourth-order valence-electron chi connectivity index (χ4n) is 3.45. The smallest absolute Gasteiger partial charge is 0.253 e. The summed E-state index contributed by atoms with van der Waals surface area (Å²) in [5.74, 6) is 0.477. The Bertz CT molecular complexity index is 1250. The first-order valence-corrected chi connectivity index (χ1v) is 13.7. The van der Waals surface area contributed by atoms with Crippen molar-refractivity contribution in [3.8, 4) is 0 Å². The lowest BCUT2D eigenvalue weighted by atomic mass is 10.0. The average molecular weight is 611 g/mol. The summed E-state index contributed by atoms with van der Waals surface area (Å²) < 4.78 is 2.61. The summed E-state index contributed by atoms with van der Waals surface area (Å²) in [4.78, 5) is 25.5. The molecular weight excluding hydrogens is 585 g/mol. The molecule has 11 heteroatoms. The van der Waals surface area contributed by atoms with Gasteiger partial charge in [-0.3, -0.25) is 9.59 Å². The van der Waals surface area contributed by atoms with Crippen LogP contribution in [-0.2, 0) is 11.3 Å². The van der Waals surface area contributed by atoms with Gasteiger partial charge in [-0.1, -0.05) is 67.0 Å². The number of nitrogens with one attached hydrogen (secondary N) is 2. The number of hydrogen-bond acceptors (Lipinski definition) is 5. The number of anilines is 1. The van der Waals surface area contributed by atoms with Crippen molar-refractivity contribution in [1.82, 2.24) is 20.1 Å². The number of hydrogen-bond donors (Lipinski definition) is 2. The lowest BCUT2D eigenvalue weighted by Crippen LogP contribution is -2.32. The summed E-state index contributed by atoms with van der Waals surface area (Å²) in [6.07, 6.45) is 2.37. The van der Waals surface area contributed by atoms with E-state index < -0.39 is 6.04 Å². The highest BCUT2D eigenvalue weighted by molar-refractivity contribution is 9.10. The van der Waals surface area contributed by atoms with Crippen LogP contribution in [0.2, 0.25) is 10.0 Å². The predicted octanol–water partition coefficient (Wildman–Crippen LogP) is 6.78. The number of halogens is 3. The third kappa shape index (κ3) is 7.59. The Morgan fingerprint density at radius 3 is 2.58 bits per heavy atom. The lowest BCUT2D eigenvalue weighted by Gasteiger charge is -2.21. The van der Waals surface area contributed by atoms with Crippen LogP contribution >= 0.6 is 50.9 Å². The molecule has 2 aromatic carbocycles. The third-order valence-electron chi connectivity index (χ3n) is 5.04. The maximum atomic E-state index is 13.0. The standard InChI is InChI=1S/C25H26BrCl2N5O2S/c1-4-11-33-23(21(12-15(2)3)30-24(35)17-7-5-6-8-19(17)27)31-32-25(33)36-14-22(34)29-16-9-10-18(26)20(28)13-16/h4-10,13,15,21H,1,11-12,14H2,2-3H3,(H,29,34)(H,30,35)/t21-/m0/s1. The SMILES string of the molecule is C=CCn1c(SCC(=O)Nc2ccc(Br)c(Cl)c2)nnc1[C@H](CC(C)C)NC(=O)c1ccccc1Cl. The minimum absolute atomic E-state index is 0.115. The van der Waals surface area contributed by atoms with Crippen molar-refractivity contribution in [1.29, 1.82) is 0 Å². The predicted molar refractivity (Wildman–Crippen MR) is 150 cm³/mol. The fourth-order valence-corrected chi connectivity index (χ4v) is 4.85. The molecule has 0 bridgehead atoms. The highest BCUT2D eigenvalue weighted by Gasteiger charge is 2.25. The first-order chi connectivity index (χ1) is 17.2. The van der Waals surface area contributed by atoms with Gasteiger partial charge in [0.2, 0.25) is 5.91 Å². The lowest BCUT2D eigenvalue weighted by molar-refractivity contribution is -0.113. The highest BCUT2D eigenvalue weighted by Crippen LogP contribution is 2.28. The van der Waals surface area contributed by atoms with E-state index in [9.17, 15) is 9.59 Å². The first kappa shape index (κ1) is 28.2. The molecule has 2 amide bonds. The van der Waals surface area contributed by atoms with E-state index in [1.54, 1.807) is 48.5 Å². The molecule has 3 rings (SSSR count). The van der Waals surface area contributed by atoms with E-state index in [0.29, 0.717) is 45.2 Å². The highest BCUT2D eigenvalue weighted by atomic mass is 79.9. The van der Waals surface area contributed by atoms with Gasteiger partial charge in [0.1, 0.15) is 0 Å². The second kappa shape index (κ2) is 13.3. The molecule has 1 heterocycles. The first-order valence-electron chi connectivity index (χ1n) is 11.2. The second-order valence-corrected chi connectivity index (χ2v) is 11.0. The van der Waals surface area contributed by atoms with Gasteiger partial charge in [-0.05, 0) is 58.6 Å². The van der Waals surface area contributed by atoms with Gasteiger partial charge in [-0.15, -0.1) is 16.8 Å². The van der Waals surface area contributed by atoms with Gasteiger partial charge in [0.15, 0.2) is 11.0 Å². The van der Waals surface area contributed by atoms with Crippen LogP contribution in [0.25, 0.3) is 0 Å². The minimum Gasteiger partial charge on any atom is -0.342 e. The Morgan fingerprint density at radius 1 is 1.17 bits per heavy atom. The van der Waals surface area contributed by atoms with Crippen molar-refractivity contribution in [2.45, 2.75) is 38.0 Å². The molecule has 0 spiro atoms. The van der Waals surface area contributed by atoms with Crippen LogP contribution in [0.5, 0.6) is 0 Å². The fraction of sp³-hybridized carbons (Fsp3) is 0.280. The van der Waals surface area contributed by atoms with Crippen LogP contribution in [0.1, 0.15) is 42.5 Å². The number of rotatable bonds is 11. The summed E-state index contributed by atoms with van der Waals surface area (Å²) >= 11 is 16.9. The number of aromatic nitrogens is 3. The summed E-state index contributed by atoms with van der Waals surface area (Å²) in [5.41, 5.74) is 0.989. The van der Waals surface area contributed by atoms with E-state index in [2.05, 4.69) is 57.2 Å². The van der Waals surface area contributed by atoms with E-state index in [1.807, 2.05) is 4.57 Å². The summed E-state index contributed by atoms with van der Waals surface area (Å²) in [6.45, 7) is 8.39. The van der Waals surface area contributed by atoms with Crippen molar-refractivity contribution in [2.75, 3.05) is 11.1 Å². The normalized spacial score (nSPS) is 11.8. The maximum absolute atomic E-state index is 13.0. The van der Waals surface area contributed by atoms with Gasteiger partial charge < -0.3 is 15.2 Å². The van der Waals surface area contributed by atoms with Crippen molar-refractivity contribution >= 4 is 68.4 Å². The number of carbonyl (C=O) groups excluding carboxylic acids is 2. The zero-order valence-electron chi connectivity index (χ0n) is 19.8. The van der Waals surface area contributed by atoms with Gasteiger partial charge in [-0.2, -0.15) is 0 Å². The Labute approximate surface area is 233 Å². The molecule has 7 nitrogen and oxygen atoms in total. The van der Waals surface area contributed by atoms with Gasteiger partial charge in [0, 0.05) is 16.7 Å². The monoisotopic (exact) mass is 609 g/mol. The molecule has 0 aliphatic carbocycles. The third-order valence-corrected chi connectivity index (χ3v) is 7.56. The zero-order valence-corrected chi connectivity index (χ0v) is 23.7. The molecule has 0 saturated carbocycles. The van der Waals surface area contributed by atoms with E-state index in [1.165, 1.54) is 11.8 Å². The molecule has 1 atom stereocenters. The Hall–Kier alpha value is -2.33. The van der Waals surface area contributed by atoms with E-state index in [0.717, 1.165) is 4.47 Å². The summed E-state index contributed by atoms with van der Waals surface area (Å²) in [6, 6.07) is 11.7. The number of nitrogens with zero attached hydrogens (tertiary/aromatic N) is 3. The topological polar surface area (TPSA) is 88.9 Å². The summed E-state index contributed by atoms with van der Waals surface area (Å²) in [7, 11) is 0. The number of amides is 2. The number of carbonyl (C=O) groups is 2. The van der Waals surface area contributed by atoms with E-state index in [-0.39, 0.29) is 23.5 Å². The molecule has 2 N–H and O–H groups in total. The maximum Gasteiger partial charge on any atom is 0.253 e. The molecule has 36 heavy (non-hydrogen) atoms. The largest absolute Gasteiger partial charge is 0.342 e. The van der Waals surface area contributed by atoms with Crippen LogP contribution in [0, 0.1) is 5.92 Å². The molecule has 1 aromatic heterocycles. The van der Waals surface area contributed by atoms with Crippen molar-refractivity contribution in [3.63, 3.8) is 0 Å². The van der Waals surface area contributed by atoms with Crippen molar-refractivity contribution in [3.05, 3.63) is 81.0 Å². The molecule has 0 fully saturated rings. The van der Waals surface area contributed by atoms with Gasteiger partial charge >= 0.3 is 0 Å². The number of allylic oxidation sites excluding steroid dienone is 1. The molecule has 3 aromatic rings. The van der Waals surface area contributed by atoms with E-state index in [4.69, 9.17) is 23.2 Å². The van der Waals surface area contributed by atoms with Crippen LogP contribution < -0.4 is 10.6 Å². The van der Waals surface area contributed by atoms with Gasteiger partial charge in [-0.25, -0.2) is 0 Å². The zero-order chi connectivity index (χ0) is 26.2. The minimum atomic E-state index is -0.408. The Morgan fingerprint density at radius 2 is 1.92 bits per heavy atom. The van der Waals surface area contributed by atoms with Crippen molar-refractivity contribution < 1.29 is 9.59 Å². The van der Waals surface area contributed by atoms with Gasteiger partial charge in [0.25, 0.3) is 5.91 Å². The number of thioether (sulfide) groups is 1.